The smallest absolute Gasteiger partial charge is 0.00723 e. The second-order valence-electron chi connectivity index (χ2n) is 4.91. The van der Waals surface area contributed by atoms with E-state index in [9.17, 15) is 0 Å². The summed E-state index contributed by atoms with van der Waals surface area (Å²) in [5.41, 5.74) is 6.21. The minimum atomic E-state index is 0.523. The molecule has 2 aliphatic rings. The molecule has 12 heavy (non-hydrogen) atoms. The minimum Gasteiger partial charge on any atom is -0.327 e. The first kappa shape index (κ1) is 8.55. The van der Waals surface area contributed by atoms with E-state index in [2.05, 4.69) is 6.92 Å². The molecule has 2 rings (SSSR count). The number of rotatable bonds is 3. The zero-order valence-electron chi connectivity index (χ0n) is 8.13. The Balaban J connectivity index is 1.80. The normalized spacial score (nSPS) is 38.5. The third-order valence-electron chi connectivity index (χ3n) is 3.78. The lowest BCUT2D eigenvalue weighted by molar-refractivity contribution is 0.322. The van der Waals surface area contributed by atoms with Gasteiger partial charge >= 0.3 is 0 Å². The van der Waals surface area contributed by atoms with Crippen molar-refractivity contribution in [1.82, 2.24) is 0 Å². The lowest BCUT2D eigenvalue weighted by Crippen LogP contribution is -2.32. The Labute approximate surface area is 75.7 Å². The van der Waals surface area contributed by atoms with E-state index in [0.29, 0.717) is 6.04 Å². The van der Waals surface area contributed by atoms with E-state index >= 15 is 0 Å². The standard InChI is InChI=1S/C11H21N/c1-8-3-2-4-10(8)11(12)7-9-5-6-9/h8-11H,2-7,12H2,1H3. The molecule has 0 aliphatic heterocycles. The van der Waals surface area contributed by atoms with Crippen molar-refractivity contribution in [2.24, 2.45) is 23.5 Å². The minimum absolute atomic E-state index is 0.523. The molecule has 0 heterocycles. The molecule has 70 valence electrons. The summed E-state index contributed by atoms with van der Waals surface area (Å²) in [5, 5.41) is 0. The SMILES string of the molecule is CC1CCCC1C(N)CC1CC1. The number of hydrogen-bond donors (Lipinski definition) is 1. The monoisotopic (exact) mass is 167 g/mol. The van der Waals surface area contributed by atoms with Gasteiger partial charge in [-0.05, 0) is 30.6 Å². The summed E-state index contributed by atoms with van der Waals surface area (Å²) >= 11 is 0. The van der Waals surface area contributed by atoms with Gasteiger partial charge in [0.05, 0.1) is 0 Å². The Morgan fingerprint density at radius 2 is 2.00 bits per heavy atom. The van der Waals surface area contributed by atoms with Gasteiger partial charge < -0.3 is 5.73 Å². The van der Waals surface area contributed by atoms with Crippen molar-refractivity contribution in [1.29, 1.82) is 0 Å². The van der Waals surface area contributed by atoms with E-state index in [-0.39, 0.29) is 0 Å². The lowest BCUT2D eigenvalue weighted by atomic mass is 9.88. The molecular weight excluding hydrogens is 146 g/mol. The van der Waals surface area contributed by atoms with E-state index in [4.69, 9.17) is 5.73 Å². The van der Waals surface area contributed by atoms with E-state index in [1.165, 1.54) is 38.5 Å². The maximum Gasteiger partial charge on any atom is 0.00723 e. The summed E-state index contributed by atoms with van der Waals surface area (Å²) in [6.45, 7) is 2.38. The predicted octanol–water partition coefficient (Wildman–Crippen LogP) is 2.55. The van der Waals surface area contributed by atoms with Gasteiger partial charge in [-0.15, -0.1) is 0 Å². The van der Waals surface area contributed by atoms with Crippen LogP contribution in [0.5, 0.6) is 0 Å². The van der Waals surface area contributed by atoms with Gasteiger partial charge in [0.15, 0.2) is 0 Å². The van der Waals surface area contributed by atoms with Gasteiger partial charge in [-0.25, -0.2) is 0 Å². The second kappa shape index (κ2) is 3.37. The van der Waals surface area contributed by atoms with Crippen LogP contribution in [-0.2, 0) is 0 Å². The van der Waals surface area contributed by atoms with E-state index < -0.39 is 0 Å². The molecule has 0 spiro atoms. The average molecular weight is 167 g/mol. The molecule has 0 saturated heterocycles. The predicted molar refractivity (Wildman–Crippen MR) is 51.8 cm³/mol. The summed E-state index contributed by atoms with van der Waals surface area (Å²) in [6, 6.07) is 0.523. The van der Waals surface area contributed by atoms with Gasteiger partial charge in [0.2, 0.25) is 0 Å². The summed E-state index contributed by atoms with van der Waals surface area (Å²) in [6.07, 6.45) is 8.46. The molecule has 1 heteroatoms. The fraction of sp³-hybridized carbons (Fsp3) is 1.00. The first-order valence-electron chi connectivity index (χ1n) is 5.53. The lowest BCUT2D eigenvalue weighted by Gasteiger charge is -2.22. The molecule has 0 amide bonds. The summed E-state index contributed by atoms with van der Waals surface area (Å²) in [5.74, 6) is 2.76. The highest BCUT2D eigenvalue weighted by atomic mass is 14.7. The first-order valence-corrected chi connectivity index (χ1v) is 5.53. The van der Waals surface area contributed by atoms with Crippen LogP contribution >= 0.6 is 0 Å². The van der Waals surface area contributed by atoms with Gasteiger partial charge in [0.25, 0.3) is 0 Å². The summed E-state index contributed by atoms with van der Waals surface area (Å²) in [7, 11) is 0. The topological polar surface area (TPSA) is 26.0 Å². The van der Waals surface area contributed by atoms with Gasteiger partial charge in [-0.3, -0.25) is 0 Å². The zero-order chi connectivity index (χ0) is 8.55. The van der Waals surface area contributed by atoms with Gasteiger partial charge in [0, 0.05) is 6.04 Å². The Hall–Kier alpha value is -0.0400. The highest BCUT2D eigenvalue weighted by Crippen LogP contribution is 2.39. The molecule has 0 aromatic rings. The van der Waals surface area contributed by atoms with Crippen LogP contribution in [0.2, 0.25) is 0 Å². The average Bonchev–Trinajstić information content (AvgIpc) is 2.72. The molecule has 3 atom stereocenters. The second-order valence-corrected chi connectivity index (χ2v) is 4.91. The Kier molecular flexibility index (Phi) is 2.40. The van der Waals surface area contributed by atoms with Gasteiger partial charge in [-0.1, -0.05) is 32.6 Å². The molecule has 2 fully saturated rings. The maximum atomic E-state index is 6.21. The van der Waals surface area contributed by atoms with Crippen LogP contribution in [-0.4, -0.2) is 6.04 Å². The molecule has 0 aromatic heterocycles. The van der Waals surface area contributed by atoms with Gasteiger partial charge in [0.1, 0.15) is 0 Å². The third kappa shape index (κ3) is 1.82. The third-order valence-corrected chi connectivity index (χ3v) is 3.78. The van der Waals surface area contributed by atoms with Crippen LogP contribution in [0.1, 0.15) is 45.4 Å². The molecule has 1 nitrogen and oxygen atoms in total. The van der Waals surface area contributed by atoms with Crippen LogP contribution in [0.4, 0.5) is 0 Å². The summed E-state index contributed by atoms with van der Waals surface area (Å²) < 4.78 is 0. The Morgan fingerprint density at radius 3 is 2.50 bits per heavy atom. The highest BCUT2D eigenvalue weighted by Gasteiger charge is 2.32. The molecule has 2 N–H and O–H groups in total. The van der Waals surface area contributed by atoms with Crippen molar-refractivity contribution in [3.63, 3.8) is 0 Å². The van der Waals surface area contributed by atoms with Crippen molar-refractivity contribution in [2.45, 2.75) is 51.5 Å². The molecule has 0 radical (unpaired) electrons. The molecule has 2 saturated carbocycles. The fourth-order valence-corrected chi connectivity index (χ4v) is 2.72. The Bertz CT molecular complexity index is 151. The zero-order valence-corrected chi connectivity index (χ0v) is 8.13. The van der Waals surface area contributed by atoms with E-state index in [0.717, 1.165) is 17.8 Å². The fourth-order valence-electron chi connectivity index (χ4n) is 2.72. The maximum absolute atomic E-state index is 6.21. The van der Waals surface area contributed by atoms with Crippen LogP contribution in [0.25, 0.3) is 0 Å². The van der Waals surface area contributed by atoms with E-state index in [1.807, 2.05) is 0 Å². The van der Waals surface area contributed by atoms with Crippen LogP contribution in [0.15, 0.2) is 0 Å². The van der Waals surface area contributed by atoms with Crippen molar-refractivity contribution in [3.05, 3.63) is 0 Å². The molecule has 3 unspecified atom stereocenters. The molecule has 0 bridgehead atoms. The molecule has 2 aliphatic carbocycles. The largest absolute Gasteiger partial charge is 0.327 e. The Morgan fingerprint density at radius 1 is 1.25 bits per heavy atom. The number of nitrogens with two attached hydrogens (primary N) is 1. The number of hydrogen-bond acceptors (Lipinski definition) is 1. The quantitative estimate of drug-likeness (QED) is 0.687. The van der Waals surface area contributed by atoms with Crippen LogP contribution in [0.3, 0.4) is 0 Å². The van der Waals surface area contributed by atoms with Crippen LogP contribution in [0, 0.1) is 17.8 Å². The summed E-state index contributed by atoms with van der Waals surface area (Å²) in [4.78, 5) is 0. The highest BCUT2D eigenvalue weighted by molar-refractivity contribution is 4.87. The molecular formula is C11H21N. The molecule has 0 aromatic carbocycles. The van der Waals surface area contributed by atoms with Crippen molar-refractivity contribution >= 4 is 0 Å². The van der Waals surface area contributed by atoms with E-state index in [1.54, 1.807) is 0 Å². The van der Waals surface area contributed by atoms with Crippen molar-refractivity contribution in [3.8, 4) is 0 Å². The van der Waals surface area contributed by atoms with Crippen molar-refractivity contribution in [2.75, 3.05) is 0 Å². The van der Waals surface area contributed by atoms with Crippen LogP contribution < -0.4 is 5.73 Å². The van der Waals surface area contributed by atoms with Crippen molar-refractivity contribution < 1.29 is 0 Å². The van der Waals surface area contributed by atoms with Gasteiger partial charge in [-0.2, -0.15) is 0 Å². The first-order chi connectivity index (χ1) is 5.77.